The molecule has 1 fully saturated rings. The number of hydrogen-bond acceptors (Lipinski definition) is 3. The maximum absolute atomic E-state index is 3.41. The Bertz CT molecular complexity index is 315. The molecular formula is C13H22N2S. The third-order valence-electron chi connectivity index (χ3n) is 3.53. The maximum atomic E-state index is 3.41. The van der Waals surface area contributed by atoms with Crippen molar-refractivity contribution in [2.24, 2.45) is 0 Å². The van der Waals surface area contributed by atoms with Crippen LogP contribution in [0.1, 0.15) is 23.8 Å². The molecule has 0 amide bonds. The quantitative estimate of drug-likeness (QED) is 0.866. The topological polar surface area (TPSA) is 15.3 Å². The third-order valence-corrected chi connectivity index (χ3v) is 4.62. The van der Waals surface area contributed by atoms with Crippen LogP contribution in [0.5, 0.6) is 0 Å². The molecule has 1 aromatic rings. The second-order valence-electron chi connectivity index (χ2n) is 4.70. The predicted molar refractivity (Wildman–Crippen MR) is 71.3 cm³/mol. The number of piperazine rings is 1. The van der Waals surface area contributed by atoms with Gasteiger partial charge in [0.15, 0.2) is 0 Å². The van der Waals surface area contributed by atoms with Gasteiger partial charge in [-0.05, 0) is 43.7 Å². The lowest BCUT2D eigenvalue weighted by Crippen LogP contribution is -2.47. The van der Waals surface area contributed by atoms with E-state index in [-0.39, 0.29) is 0 Å². The van der Waals surface area contributed by atoms with Crippen LogP contribution in [-0.2, 0) is 6.42 Å². The van der Waals surface area contributed by atoms with Crippen molar-refractivity contribution in [3.63, 3.8) is 0 Å². The van der Waals surface area contributed by atoms with Crippen molar-refractivity contribution >= 4 is 11.3 Å². The largest absolute Gasteiger partial charge is 0.314 e. The van der Waals surface area contributed by atoms with Crippen molar-refractivity contribution in [2.45, 2.75) is 32.7 Å². The van der Waals surface area contributed by atoms with E-state index in [0.717, 1.165) is 19.1 Å². The molecule has 1 saturated heterocycles. The molecule has 3 heteroatoms. The summed E-state index contributed by atoms with van der Waals surface area (Å²) in [6.45, 7) is 9.33. The van der Waals surface area contributed by atoms with Crippen LogP contribution in [0.25, 0.3) is 0 Å². The first kappa shape index (κ1) is 12.1. The van der Waals surface area contributed by atoms with Crippen molar-refractivity contribution in [2.75, 3.05) is 26.2 Å². The van der Waals surface area contributed by atoms with Gasteiger partial charge in [0, 0.05) is 37.1 Å². The van der Waals surface area contributed by atoms with Crippen LogP contribution < -0.4 is 5.32 Å². The van der Waals surface area contributed by atoms with Gasteiger partial charge >= 0.3 is 0 Å². The highest BCUT2D eigenvalue weighted by atomic mass is 32.1. The van der Waals surface area contributed by atoms with E-state index >= 15 is 0 Å². The van der Waals surface area contributed by atoms with Crippen molar-refractivity contribution in [3.05, 3.63) is 21.9 Å². The van der Waals surface area contributed by atoms with Crippen LogP contribution in [0.3, 0.4) is 0 Å². The lowest BCUT2D eigenvalue weighted by molar-refractivity contribution is 0.177. The highest BCUT2D eigenvalue weighted by Crippen LogP contribution is 2.19. The number of rotatable bonds is 4. The third kappa shape index (κ3) is 3.06. The Labute approximate surface area is 103 Å². The highest BCUT2D eigenvalue weighted by Gasteiger charge is 2.16. The number of thiophene rings is 1. The summed E-state index contributed by atoms with van der Waals surface area (Å²) in [5.41, 5.74) is 1.47. The molecule has 0 saturated carbocycles. The van der Waals surface area contributed by atoms with Gasteiger partial charge in [-0.25, -0.2) is 0 Å². The fraction of sp³-hybridized carbons (Fsp3) is 0.692. The predicted octanol–water partition coefficient (Wildman–Crippen LogP) is 2.28. The molecule has 1 aromatic heterocycles. The van der Waals surface area contributed by atoms with E-state index in [9.17, 15) is 0 Å². The normalized spacial score (nSPS) is 19.9. The molecule has 16 heavy (non-hydrogen) atoms. The SMILES string of the molecule is Cc1ccsc1CCC(C)N1CCNCC1. The molecule has 1 N–H and O–H groups in total. The second kappa shape index (κ2) is 5.80. The molecule has 2 heterocycles. The number of aryl methyl sites for hydroxylation is 2. The average molecular weight is 238 g/mol. The van der Waals surface area contributed by atoms with Gasteiger partial charge in [0.25, 0.3) is 0 Å². The first-order chi connectivity index (χ1) is 7.77. The van der Waals surface area contributed by atoms with Crippen molar-refractivity contribution < 1.29 is 0 Å². The van der Waals surface area contributed by atoms with Crippen molar-refractivity contribution in [3.8, 4) is 0 Å². The summed E-state index contributed by atoms with van der Waals surface area (Å²) < 4.78 is 0. The molecule has 0 spiro atoms. The summed E-state index contributed by atoms with van der Waals surface area (Å²) in [6.07, 6.45) is 2.54. The summed E-state index contributed by atoms with van der Waals surface area (Å²) >= 11 is 1.91. The van der Waals surface area contributed by atoms with E-state index < -0.39 is 0 Å². The van der Waals surface area contributed by atoms with E-state index in [1.807, 2.05) is 11.3 Å². The first-order valence-corrected chi connectivity index (χ1v) is 7.13. The molecule has 1 aliphatic heterocycles. The van der Waals surface area contributed by atoms with Gasteiger partial charge < -0.3 is 5.32 Å². The molecule has 0 bridgehead atoms. The van der Waals surface area contributed by atoms with E-state index in [1.165, 1.54) is 31.5 Å². The lowest BCUT2D eigenvalue weighted by atomic mass is 10.1. The van der Waals surface area contributed by atoms with Crippen LogP contribution in [-0.4, -0.2) is 37.1 Å². The zero-order chi connectivity index (χ0) is 11.4. The smallest absolute Gasteiger partial charge is 0.0110 e. The molecule has 0 aliphatic carbocycles. The Kier molecular flexibility index (Phi) is 4.38. The Morgan fingerprint density at radius 3 is 2.81 bits per heavy atom. The zero-order valence-corrected chi connectivity index (χ0v) is 11.1. The van der Waals surface area contributed by atoms with E-state index in [4.69, 9.17) is 0 Å². The molecule has 1 aliphatic rings. The summed E-state index contributed by atoms with van der Waals surface area (Å²) in [4.78, 5) is 4.18. The number of nitrogens with one attached hydrogen (secondary N) is 1. The van der Waals surface area contributed by atoms with Gasteiger partial charge in [-0.3, -0.25) is 4.90 Å². The van der Waals surface area contributed by atoms with Crippen LogP contribution in [0.4, 0.5) is 0 Å². The average Bonchev–Trinajstić information content (AvgIpc) is 2.73. The molecule has 2 nitrogen and oxygen atoms in total. The molecule has 90 valence electrons. The lowest BCUT2D eigenvalue weighted by Gasteiger charge is -2.32. The minimum absolute atomic E-state index is 0.726. The monoisotopic (exact) mass is 238 g/mol. The van der Waals surface area contributed by atoms with E-state index in [0.29, 0.717) is 0 Å². The summed E-state index contributed by atoms with van der Waals surface area (Å²) in [5, 5.41) is 5.62. The van der Waals surface area contributed by atoms with Crippen LogP contribution in [0.15, 0.2) is 11.4 Å². The molecule has 1 unspecified atom stereocenters. The van der Waals surface area contributed by atoms with Crippen molar-refractivity contribution in [1.29, 1.82) is 0 Å². The number of nitrogens with zero attached hydrogens (tertiary/aromatic N) is 1. The fourth-order valence-corrected chi connectivity index (χ4v) is 3.23. The summed E-state index contributed by atoms with van der Waals surface area (Å²) in [5.74, 6) is 0. The van der Waals surface area contributed by atoms with E-state index in [1.54, 1.807) is 4.88 Å². The van der Waals surface area contributed by atoms with Gasteiger partial charge in [-0.2, -0.15) is 0 Å². The van der Waals surface area contributed by atoms with Crippen LogP contribution in [0.2, 0.25) is 0 Å². The molecular weight excluding hydrogens is 216 g/mol. The summed E-state index contributed by atoms with van der Waals surface area (Å²) in [6, 6.07) is 2.96. The molecule has 2 rings (SSSR count). The van der Waals surface area contributed by atoms with Crippen LogP contribution in [0, 0.1) is 6.92 Å². The molecule has 1 atom stereocenters. The maximum Gasteiger partial charge on any atom is 0.0110 e. The van der Waals surface area contributed by atoms with Crippen molar-refractivity contribution in [1.82, 2.24) is 10.2 Å². The Balaban J connectivity index is 1.78. The van der Waals surface area contributed by atoms with Gasteiger partial charge in [0.1, 0.15) is 0 Å². The zero-order valence-electron chi connectivity index (χ0n) is 10.3. The van der Waals surface area contributed by atoms with Crippen LogP contribution >= 0.6 is 11.3 Å². The standard InChI is InChI=1S/C13H22N2S/c1-11-5-10-16-13(11)4-3-12(2)15-8-6-14-7-9-15/h5,10,12,14H,3-4,6-9H2,1-2H3. The van der Waals surface area contributed by atoms with E-state index in [2.05, 4.69) is 35.5 Å². The molecule has 0 aromatic carbocycles. The van der Waals surface area contributed by atoms with Gasteiger partial charge in [0.2, 0.25) is 0 Å². The highest BCUT2D eigenvalue weighted by molar-refractivity contribution is 7.10. The first-order valence-electron chi connectivity index (χ1n) is 6.25. The second-order valence-corrected chi connectivity index (χ2v) is 5.70. The van der Waals surface area contributed by atoms with Gasteiger partial charge in [0.05, 0.1) is 0 Å². The Morgan fingerprint density at radius 2 is 2.19 bits per heavy atom. The van der Waals surface area contributed by atoms with Gasteiger partial charge in [-0.15, -0.1) is 11.3 Å². The number of hydrogen-bond donors (Lipinski definition) is 1. The minimum atomic E-state index is 0.726. The fourth-order valence-electron chi connectivity index (χ4n) is 2.31. The molecule has 0 radical (unpaired) electrons. The Hall–Kier alpha value is -0.380. The summed E-state index contributed by atoms with van der Waals surface area (Å²) in [7, 11) is 0. The minimum Gasteiger partial charge on any atom is -0.314 e. The Morgan fingerprint density at radius 1 is 1.44 bits per heavy atom. The van der Waals surface area contributed by atoms with Gasteiger partial charge in [-0.1, -0.05) is 0 Å².